The Bertz CT molecular complexity index is 2530. The molecule has 1 saturated heterocycles. The van der Waals surface area contributed by atoms with Crippen molar-refractivity contribution in [3.63, 3.8) is 0 Å². The number of aromatic carboxylic acids is 1. The topological polar surface area (TPSA) is 178 Å². The van der Waals surface area contributed by atoms with Crippen molar-refractivity contribution >= 4 is 51.6 Å². The largest absolute Gasteiger partial charge is 0.493 e. The monoisotopic (exact) mass is 780 g/mol. The van der Waals surface area contributed by atoms with Crippen LogP contribution in [0.4, 0.5) is 31.9 Å². The van der Waals surface area contributed by atoms with Crippen LogP contribution in [0.15, 0.2) is 64.6 Å². The predicted molar refractivity (Wildman–Crippen MR) is 207 cm³/mol. The number of fused-ring (bicyclic) bond motifs is 2. The van der Waals surface area contributed by atoms with E-state index in [1.807, 2.05) is 9.80 Å². The highest BCUT2D eigenvalue weighted by molar-refractivity contribution is 6.54. The van der Waals surface area contributed by atoms with Crippen molar-refractivity contribution in [3.05, 3.63) is 99.0 Å². The first-order valence-corrected chi connectivity index (χ1v) is 18.2. The Morgan fingerprint density at radius 2 is 1.68 bits per heavy atom. The molecule has 2 fully saturated rings. The Balaban J connectivity index is 0.996. The second-order valence-corrected chi connectivity index (χ2v) is 14.0. The van der Waals surface area contributed by atoms with Crippen molar-refractivity contribution in [1.82, 2.24) is 19.4 Å². The number of aromatic nitrogens is 3. The predicted octanol–water partition coefficient (Wildman–Crippen LogP) is 4.55. The number of ether oxygens (including phenoxy) is 3. The summed E-state index contributed by atoms with van der Waals surface area (Å²) in [5, 5.41) is 9.61. The number of carbonyl (C=O) groups excluding carboxylic acids is 1. The molecule has 3 N–H and O–H groups in total. The lowest BCUT2D eigenvalue weighted by molar-refractivity contribution is -0.112. The van der Waals surface area contributed by atoms with Gasteiger partial charge in [0.15, 0.2) is 11.5 Å². The number of anilines is 3. The summed E-state index contributed by atoms with van der Waals surface area (Å²) in [7, 11) is 4.56. The summed E-state index contributed by atoms with van der Waals surface area (Å²) in [4.78, 5) is 57.2. The number of amides is 1. The lowest BCUT2D eigenvalue weighted by Gasteiger charge is -2.38. The first-order chi connectivity index (χ1) is 27.5. The molecule has 0 unspecified atom stereocenters. The van der Waals surface area contributed by atoms with Crippen LogP contribution in [-0.4, -0.2) is 96.3 Å². The van der Waals surface area contributed by atoms with Gasteiger partial charge in [-0.3, -0.25) is 19.4 Å². The zero-order valence-corrected chi connectivity index (χ0v) is 31.3. The van der Waals surface area contributed by atoms with E-state index in [4.69, 9.17) is 19.9 Å². The molecule has 3 aliphatic rings. The summed E-state index contributed by atoms with van der Waals surface area (Å²) in [6.07, 6.45) is 4.88. The number of hydrogen-bond acceptors (Lipinski definition) is 12. The van der Waals surface area contributed by atoms with E-state index in [0.717, 1.165) is 24.5 Å². The number of carboxylic acids is 1. The molecule has 2 aromatic heterocycles. The third kappa shape index (κ3) is 6.94. The highest BCUT2D eigenvalue weighted by Crippen LogP contribution is 2.40. The van der Waals surface area contributed by atoms with Gasteiger partial charge >= 0.3 is 5.97 Å². The number of nitrogens with two attached hydrogens (primary N) is 1. The van der Waals surface area contributed by atoms with Gasteiger partial charge in [-0.05, 0) is 60.9 Å². The first kappa shape index (κ1) is 37.3. The Kier molecular flexibility index (Phi) is 9.69. The van der Waals surface area contributed by atoms with Gasteiger partial charge in [0.1, 0.15) is 28.7 Å². The number of nitrogens with zero attached hydrogens (tertiary/aromatic N) is 7. The number of pyridine rings is 1. The summed E-state index contributed by atoms with van der Waals surface area (Å²) < 4.78 is 48.3. The number of piperazine rings is 1. The van der Waals surface area contributed by atoms with Crippen LogP contribution in [-0.2, 0) is 11.2 Å². The zero-order chi connectivity index (χ0) is 40.1. The fourth-order valence-corrected chi connectivity index (χ4v) is 7.43. The molecule has 17 heteroatoms. The van der Waals surface area contributed by atoms with E-state index < -0.39 is 28.9 Å². The van der Waals surface area contributed by atoms with Gasteiger partial charge in [0, 0.05) is 67.5 Å². The van der Waals surface area contributed by atoms with Crippen molar-refractivity contribution in [3.8, 4) is 17.2 Å². The van der Waals surface area contributed by atoms with Crippen molar-refractivity contribution in [1.29, 1.82) is 0 Å². The lowest BCUT2D eigenvalue weighted by Crippen LogP contribution is -2.51. The third-order valence-corrected chi connectivity index (χ3v) is 10.5. The number of hydrogen-bond donors (Lipinski definition) is 2. The van der Waals surface area contributed by atoms with E-state index in [1.54, 1.807) is 22.8 Å². The summed E-state index contributed by atoms with van der Waals surface area (Å²) in [5.41, 5.74) is 8.14. The number of methoxy groups -OCH3 is 3. The van der Waals surface area contributed by atoms with Crippen LogP contribution in [0.1, 0.15) is 45.9 Å². The number of rotatable bonds is 11. The molecule has 0 atom stereocenters. The number of nitrogen functional groups attached to an aromatic ring is 1. The molecule has 1 saturated carbocycles. The highest BCUT2D eigenvalue weighted by atomic mass is 19.1. The van der Waals surface area contributed by atoms with Gasteiger partial charge in [-0.25, -0.2) is 23.6 Å². The molecule has 1 amide bonds. The summed E-state index contributed by atoms with van der Waals surface area (Å²) in [6, 6.07) is 10.4. The van der Waals surface area contributed by atoms with Gasteiger partial charge in [-0.15, -0.1) is 0 Å². The van der Waals surface area contributed by atoms with Crippen LogP contribution in [0.5, 0.6) is 17.2 Å². The van der Waals surface area contributed by atoms with E-state index in [0.29, 0.717) is 72.3 Å². The number of halogens is 2. The van der Waals surface area contributed by atoms with E-state index in [9.17, 15) is 23.9 Å². The minimum Gasteiger partial charge on any atom is -0.493 e. The van der Waals surface area contributed by atoms with Gasteiger partial charge in [0.25, 0.3) is 11.9 Å². The molecular weight excluding hydrogens is 742 g/mol. The number of benzene rings is 3. The normalized spacial score (nSPS) is 16.4. The average Bonchev–Trinajstić information content (AvgIpc) is 4.02. The maximum atomic E-state index is 15.6. The Labute approximate surface area is 324 Å². The summed E-state index contributed by atoms with van der Waals surface area (Å²) in [5.74, 6) is -1.52. The molecule has 1 aliphatic carbocycles. The van der Waals surface area contributed by atoms with Crippen LogP contribution in [0.25, 0.3) is 10.9 Å². The summed E-state index contributed by atoms with van der Waals surface area (Å²) in [6.45, 7) is 1.85. The molecule has 0 radical (unpaired) electrons. The molecule has 57 heavy (non-hydrogen) atoms. The molecule has 5 aromatic rings. The highest BCUT2D eigenvalue weighted by Gasteiger charge is 2.37. The minimum absolute atomic E-state index is 0.0291. The van der Waals surface area contributed by atoms with Gasteiger partial charge in [0.2, 0.25) is 11.2 Å². The van der Waals surface area contributed by atoms with E-state index in [2.05, 4.69) is 15.0 Å². The lowest BCUT2D eigenvalue weighted by atomic mass is 10.1. The van der Waals surface area contributed by atoms with Crippen molar-refractivity contribution in [2.24, 2.45) is 4.99 Å². The van der Waals surface area contributed by atoms with Crippen LogP contribution >= 0.6 is 0 Å². The second kappa shape index (κ2) is 14.8. The Hall–Kier alpha value is -6.62. The van der Waals surface area contributed by atoms with Gasteiger partial charge in [0.05, 0.1) is 44.9 Å². The van der Waals surface area contributed by atoms with Crippen LogP contribution < -0.4 is 35.2 Å². The fourth-order valence-electron chi connectivity index (χ4n) is 7.43. The molecule has 0 bridgehead atoms. The average molecular weight is 781 g/mol. The number of carboxylic acid groups (broad SMARTS) is 1. The van der Waals surface area contributed by atoms with E-state index in [-0.39, 0.29) is 46.7 Å². The van der Waals surface area contributed by atoms with Crippen LogP contribution in [0, 0.1) is 11.6 Å². The number of aliphatic imine (C=N–C) groups is 1. The Morgan fingerprint density at radius 1 is 0.965 bits per heavy atom. The SMILES string of the molecule is COc1cc(Cc2cnc(/N=C3\C(=O)N(CN4CCN(c5cc6c(cc5F)c(=O)c(C(=O)O)cn6C5CC5)CC4)c4ccc(F)cc43)nc2N)cc(OC)c1OC. The molecule has 15 nitrogen and oxygen atoms in total. The minimum atomic E-state index is -1.35. The zero-order valence-electron chi connectivity index (χ0n) is 31.3. The maximum Gasteiger partial charge on any atom is 0.341 e. The third-order valence-electron chi connectivity index (χ3n) is 10.5. The van der Waals surface area contributed by atoms with Gasteiger partial charge in [-0.1, -0.05) is 0 Å². The quantitative estimate of drug-likeness (QED) is 0.192. The smallest absolute Gasteiger partial charge is 0.341 e. The van der Waals surface area contributed by atoms with E-state index >= 15 is 4.39 Å². The van der Waals surface area contributed by atoms with Crippen LogP contribution in [0.2, 0.25) is 0 Å². The fraction of sp³-hybridized carbons (Fsp3) is 0.300. The Morgan fingerprint density at radius 3 is 2.32 bits per heavy atom. The van der Waals surface area contributed by atoms with Gasteiger partial charge in [-0.2, -0.15) is 4.98 Å². The van der Waals surface area contributed by atoms with Crippen molar-refractivity contribution < 1.29 is 37.7 Å². The molecule has 8 rings (SSSR count). The molecular formula is C40H38F2N8O7. The van der Waals surface area contributed by atoms with Crippen molar-refractivity contribution in [2.75, 3.05) is 69.7 Å². The standard InChI is InChI=1S/C40H38F2N8O7/c1-55-32-13-21(14-33(56-2)36(32)57-3)12-22-18-44-40(46-37(22)43)45-34-25-15-23(41)4-7-29(25)50(38(34)52)20-47-8-10-48(11-9-47)31-17-30-26(16-28(31)42)35(51)27(39(53)54)19-49(30)24-5-6-24/h4,7,13-19,24H,5-6,8-12,20H2,1-3H3,(H,53,54)(H2,43,44,46)/b45-34-. The maximum absolute atomic E-state index is 15.6. The molecule has 294 valence electrons. The molecule has 0 spiro atoms. The van der Waals surface area contributed by atoms with Crippen molar-refractivity contribution in [2.45, 2.75) is 25.3 Å². The molecule has 2 aliphatic heterocycles. The molecule has 3 aromatic carbocycles. The molecule has 4 heterocycles. The second-order valence-electron chi connectivity index (χ2n) is 14.0. The number of carbonyl (C=O) groups is 2. The van der Waals surface area contributed by atoms with Crippen LogP contribution in [0.3, 0.4) is 0 Å². The first-order valence-electron chi connectivity index (χ1n) is 18.2. The van der Waals surface area contributed by atoms with Gasteiger partial charge < -0.3 is 34.5 Å². The van der Waals surface area contributed by atoms with E-state index in [1.165, 1.54) is 56.8 Å². The summed E-state index contributed by atoms with van der Waals surface area (Å²) >= 11 is 0.